The number of rotatable bonds is 1. The second kappa shape index (κ2) is 3.49. The summed E-state index contributed by atoms with van der Waals surface area (Å²) in [6, 6.07) is 0. The van der Waals surface area contributed by atoms with E-state index in [1.165, 1.54) is 0 Å². The molecule has 1 aliphatic carbocycles. The highest BCUT2D eigenvalue weighted by Gasteiger charge is 2.41. The fourth-order valence-electron chi connectivity index (χ4n) is 1.33. The zero-order chi connectivity index (χ0) is 9.30. The standard InChI is InChI=1S/C7H12O5/c8-2-3-1-4(9)6(11)7(12)5(3)10/h3,5-8,10-12H,1-2H2/t3?,5-,6?,7+/m1/s1. The van der Waals surface area contributed by atoms with E-state index in [9.17, 15) is 9.90 Å². The van der Waals surface area contributed by atoms with Crippen LogP contribution in [-0.2, 0) is 4.79 Å². The lowest BCUT2D eigenvalue weighted by Gasteiger charge is -2.32. The molecule has 0 bridgehead atoms. The molecule has 5 nitrogen and oxygen atoms in total. The van der Waals surface area contributed by atoms with Crippen LogP contribution in [0.25, 0.3) is 0 Å². The van der Waals surface area contributed by atoms with E-state index in [0.717, 1.165) is 0 Å². The summed E-state index contributed by atoms with van der Waals surface area (Å²) in [5.74, 6) is -1.19. The molecule has 1 fully saturated rings. The molecule has 70 valence electrons. The lowest BCUT2D eigenvalue weighted by molar-refractivity contribution is -0.156. The Hall–Kier alpha value is -0.490. The van der Waals surface area contributed by atoms with Crippen LogP contribution in [0.2, 0.25) is 0 Å². The van der Waals surface area contributed by atoms with Gasteiger partial charge in [-0.05, 0) is 0 Å². The quantitative estimate of drug-likeness (QED) is 0.358. The van der Waals surface area contributed by atoms with E-state index in [4.69, 9.17) is 15.3 Å². The largest absolute Gasteiger partial charge is 0.396 e. The van der Waals surface area contributed by atoms with Crippen LogP contribution in [0.5, 0.6) is 0 Å². The Morgan fingerprint density at radius 3 is 2.33 bits per heavy atom. The molecule has 0 aliphatic heterocycles. The maximum atomic E-state index is 10.9. The summed E-state index contributed by atoms with van der Waals surface area (Å²) in [6.45, 7) is -0.364. The Balaban J connectivity index is 2.70. The molecule has 1 rings (SSSR count). The average Bonchev–Trinajstić information content (AvgIpc) is 2.08. The minimum Gasteiger partial charge on any atom is -0.396 e. The molecule has 0 aromatic carbocycles. The summed E-state index contributed by atoms with van der Waals surface area (Å²) in [7, 11) is 0. The van der Waals surface area contributed by atoms with Crippen LogP contribution in [0.1, 0.15) is 6.42 Å². The molecule has 4 N–H and O–H groups in total. The first-order valence-electron chi connectivity index (χ1n) is 3.75. The molecule has 0 radical (unpaired) electrons. The first-order valence-corrected chi connectivity index (χ1v) is 3.75. The summed E-state index contributed by atoms with van der Waals surface area (Å²) in [5.41, 5.74) is 0. The summed E-state index contributed by atoms with van der Waals surface area (Å²) in [5, 5.41) is 36.0. The van der Waals surface area contributed by atoms with Gasteiger partial charge in [-0.2, -0.15) is 0 Å². The molecule has 0 spiro atoms. The summed E-state index contributed by atoms with van der Waals surface area (Å²) in [4.78, 5) is 10.9. The van der Waals surface area contributed by atoms with Crippen molar-refractivity contribution in [3.05, 3.63) is 0 Å². The van der Waals surface area contributed by atoms with E-state index >= 15 is 0 Å². The van der Waals surface area contributed by atoms with Gasteiger partial charge in [0, 0.05) is 18.9 Å². The van der Waals surface area contributed by atoms with E-state index in [-0.39, 0.29) is 13.0 Å². The van der Waals surface area contributed by atoms with E-state index < -0.39 is 30.0 Å². The van der Waals surface area contributed by atoms with Crippen LogP contribution in [0.15, 0.2) is 0 Å². The van der Waals surface area contributed by atoms with Crippen LogP contribution in [0, 0.1) is 5.92 Å². The second-order valence-electron chi connectivity index (χ2n) is 3.04. The molecule has 0 heterocycles. The predicted molar refractivity (Wildman–Crippen MR) is 38.2 cm³/mol. The molecule has 5 heteroatoms. The third kappa shape index (κ3) is 1.49. The van der Waals surface area contributed by atoms with Crippen molar-refractivity contribution in [2.24, 2.45) is 5.92 Å². The number of Topliss-reactive ketones (excluding diaryl/α,β-unsaturated/α-hetero) is 1. The number of aliphatic hydroxyl groups excluding tert-OH is 4. The first kappa shape index (κ1) is 9.60. The summed E-state index contributed by atoms with van der Waals surface area (Å²) in [6.07, 6.45) is -4.29. The van der Waals surface area contributed by atoms with Gasteiger partial charge in [-0.25, -0.2) is 0 Å². The molecule has 1 saturated carbocycles. The number of aliphatic hydroxyl groups is 4. The second-order valence-corrected chi connectivity index (χ2v) is 3.04. The smallest absolute Gasteiger partial charge is 0.164 e. The zero-order valence-corrected chi connectivity index (χ0v) is 6.42. The van der Waals surface area contributed by atoms with Crippen LogP contribution in [-0.4, -0.2) is 51.1 Å². The molecule has 0 saturated heterocycles. The van der Waals surface area contributed by atoms with Crippen LogP contribution in [0.4, 0.5) is 0 Å². The molecule has 0 aromatic rings. The number of ketones is 1. The van der Waals surface area contributed by atoms with Crippen molar-refractivity contribution in [2.45, 2.75) is 24.7 Å². The SMILES string of the molecule is O=C1CC(CO)[C@@H](O)[C@H](O)C1O. The Bertz CT molecular complexity index is 179. The van der Waals surface area contributed by atoms with Gasteiger partial charge in [0.1, 0.15) is 12.2 Å². The van der Waals surface area contributed by atoms with Crippen molar-refractivity contribution in [3.8, 4) is 0 Å². The molecule has 1 aliphatic rings. The number of hydrogen-bond donors (Lipinski definition) is 4. The Morgan fingerprint density at radius 1 is 1.25 bits per heavy atom. The zero-order valence-electron chi connectivity index (χ0n) is 6.42. The third-order valence-electron chi connectivity index (χ3n) is 2.18. The number of hydrogen-bond acceptors (Lipinski definition) is 5. The van der Waals surface area contributed by atoms with Crippen molar-refractivity contribution < 1.29 is 25.2 Å². The van der Waals surface area contributed by atoms with Gasteiger partial charge >= 0.3 is 0 Å². The van der Waals surface area contributed by atoms with Gasteiger partial charge in [-0.3, -0.25) is 4.79 Å². The lowest BCUT2D eigenvalue weighted by atomic mass is 9.82. The third-order valence-corrected chi connectivity index (χ3v) is 2.18. The predicted octanol–water partition coefficient (Wildman–Crippen LogP) is -2.35. The highest BCUT2D eigenvalue weighted by Crippen LogP contribution is 2.22. The maximum Gasteiger partial charge on any atom is 0.164 e. The highest BCUT2D eigenvalue weighted by atomic mass is 16.4. The normalized spacial score (nSPS) is 43.2. The maximum absolute atomic E-state index is 10.9. The summed E-state index contributed by atoms with van der Waals surface area (Å²) < 4.78 is 0. The average molecular weight is 176 g/mol. The number of carbonyl (C=O) groups excluding carboxylic acids is 1. The van der Waals surface area contributed by atoms with Gasteiger partial charge in [-0.15, -0.1) is 0 Å². The highest BCUT2D eigenvalue weighted by molar-refractivity contribution is 5.84. The van der Waals surface area contributed by atoms with Crippen molar-refractivity contribution in [3.63, 3.8) is 0 Å². The molecular weight excluding hydrogens is 164 g/mol. The first-order chi connectivity index (χ1) is 5.57. The van der Waals surface area contributed by atoms with Gasteiger partial charge in [0.05, 0.1) is 6.10 Å². The van der Waals surface area contributed by atoms with Gasteiger partial charge in [0.2, 0.25) is 0 Å². The molecule has 2 unspecified atom stereocenters. The van der Waals surface area contributed by atoms with Gasteiger partial charge < -0.3 is 20.4 Å². The fourth-order valence-corrected chi connectivity index (χ4v) is 1.33. The fraction of sp³-hybridized carbons (Fsp3) is 0.857. The Kier molecular flexibility index (Phi) is 2.79. The van der Waals surface area contributed by atoms with E-state index in [2.05, 4.69) is 0 Å². The van der Waals surface area contributed by atoms with E-state index in [1.807, 2.05) is 0 Å². The van der Waals surface area contributed by atoms with E-state index in [1.54, 1.807) is 0 Å². The lowest BCUT2D eigenvalue weighted by Crippen LogP contribution is -2.52. The Labute approximate surface area is 69.3 Å². The number of carbonyl (C=O) groups is 1. The minimum atomic E-state index is -1.51. The molecular formula is C7H12O5. The molecule has 12 heavy (non-hydrogen) atoms. The minimum absolute atomic E-state index is 0.0874. The molecule has 4 atom stereocenters. The topological polar surface area (TPSA) is 98.0 Å². The van der Waals surface area contributed by atoms with Crippen molar-refractivity contribution in [1.82, 2.24) is 0 Å². The van der Waals surface area contributed by atoms with Gasteiger partial charge in [0.25, 0.3) is 0 Å². The van der Waals surface area contributed by atoms with E-state index in [0.29, 0.717) is 0 Å². The Morgan fingerprint density at radius 2 is 1.83 bits per heavy atom. The molecule has 0 amide bonds. The monoisotopic (exact) mass is 176 g/mol. The molecule has 0 aromatic heterocycles. The van der Waals surface area contributed by atoms with Crippen molar-refractivity contribution in [1.29, 1.82) is 0 Å². The van der Waals surface area contributed by atoms with Crippen LogP contribution in [0.3, 0.4) is 0 Å². The van der Waals surface area contributed by atoms with Crippen molar-refractivity contribution >= 4 is 5.78 Å². The van der Waals surface area contributed by atoms with Crippen LogP contribution < -0.4 is 0 Å². The van der Waals surface area contributed by atoms with Crippen LogP contribution >= 0.6 is 0 Å². The van der Waals surface area contributed by atoms with Gasteiger partial charge in [0.15, 0.2) is 5.78 Å². The van der Waals surface area contributed by atoms with Crippen molar-refractivity contribution in [2.75, 3.05) is 6.61 Å². The summed E-state index contributed by atoms with van der Waals surface area (Å²) >= 11 is 0. The van der Waals surface area contributed by atoms with Gasteiger partial charge in [-0.1, -0.05) is 0 Å².